The molecule has 2 aromatic heterocycles. The molecule has 3 aromatic rings. The van der Waals surface area contributed by atoms with Gasteiger partial charge in [-0.2, -0.15) is 0 Å². The van der Waals surface area contributed by atoms with Crippen LogP contribution in [0.25, 0.3) is 0 Å². The standard InChI is InChI=1S/C22H22N4/c1-13-9-10-18(15(3)23-13)25-19-7-5-6-8-20(19)26-21(25)12-17-11-14(2)24-16(4)22(17)26/h5-11,21H,12H2,1-4H3. The Balaban J connectivity index is 1.74. The van der Waals surface area contributed by atoms with E-state index in [-0.39, 0.29) is 6.17 Å². The lowest BCUT2D eigenvalue weighted by molar-refractivity contribution is 0.725. The highest BCUT2D eigenvalue weighted by atomic mass is 15.4. The number of hydrogen-bond acceptors (Lipinski definition) is 4. The van der Waals surface area contributed by atoms with Gasteiger partial charge in [-0.25, -0.2) is 0 Å². The molecule has 2 aliphatic rings. The summed E-state index contributed by atoms with van der Waals surface area (Å²) in [7, 11) is 0. The first-order valence-corrected chi connectivity index (χ1v) is 9.13. The highest BCUT2D eigenvalue weighted by molar-refractivity contribution is 5.91. The second-order valence-corrected chi connectivity index (χ2v) is 7.33. The van der Waals surface area contributed by atoms with E-state index in [1.807, 2.05) is 6.92 Å². The first kappa shape index (κ1) is 15.4. The average Bonchev–Trinajstić information content (AvgIpc) is 3.09. The Hall–Kier alpha value is -2.88. The zero-order chi connectivity index (χ0) is 18.0. The molecule has 0 amide bonds. The predicted octanol–water partition coefficient (Wildman–Crippen LogP) is 4.88. The van der Waals surface area contributed by atoms with Gasteiger partial charge >= 0.3 is 0 Å². The van der Waals surface area contributed by atoms with Crippen LogP contribution in [0.3, 0.4) is 0 Å². The summed E-state index contributed by atoms with van der Waals surface area (Å²) < 4.78 is 0. The molecule has 0 bridgehead atoms. The molecule has 0 aliphatic carbocycles. The van der Waals surface area contributed by atoms with Crippen LogP contribution in [-0.2, 0) is 6.42 Å². The summed E-state index contributed by atoms with van der Waals surface area (Å²) in [6.07, 6.45) is 1.23. The molecular formula is C22H22N4. The molecule has 4 heteroatoms. The van der Waals surface area contributed by atoms with Gasteiger partial charge in [-0.05, 0) is 63.6 Å². The first-order chi connectivity index (χ1) is 12.5. The van der Waals surface area contributed by atoms with E-state index in [0.29, 0.717) is 0 Å². The van der Waals surface area contributed by atoms with Gasteiger partial charge in [0.1, 0.15) is 6.17 Å². The summed E-state index contributed by atoms with van der Waals surface area (Å²) in [4.78, 5) is 14.4. The van der Waals surface area contributed by atoms with Crippen molar-refractivity contribution in [3.8, 4) is 0 Å². The molecule has 26 heavy (non-hydrogen) atoms. The molecular weight excluding hydrogens is 320 g/mol. The van der Waals surface area contributed by atoms with Gasteiger partial charge in [-0.3, -0.25) is 9.97 Å². The monoisotopic (exact) mass is 342 g/mol. The summed E-state index contributed by atoms with van der Waals surface area (Å²) in [6, 6.07) is 15.2. The number of hydrogen-bond donors (Lipinski definition) is 0. The molecule has 4 nitrogen and oxygen atoms in total. The van der Waals surface area contributed by atoms with Crippen molar-refractivity contribution in [2.24, 2.45) is 0 Å². The summed E-state index contributed by atoms with van der Waals surface area (Å²) in [5.41, 5.74) is 10.7. The number of benzene rings is 1. The molecule has 0 fully saturated rings. The zero-order valence-corrected chi connectivity index (χ0v) is 15.6. The van der Waals surface area contributed by atoms with Crippen molar-refractivity contribution in [1.29, 1.82) is 0 Å². The molecule has 4 heterocycles. The fourth-order valence-electron chi connectivity index (χ4n) is 4.57. The topological polar surface area (TPSA) is 32.3 Å². The third kappa shape index (κ3) is 2.02. The van der Waals surface area contributed by atoms with Crippen LogP contribution in [0.2, 0.25) is 0 Å². The number of fused-ring (bicyclic) bond motifs is 5. The van der Waals surface area contributed by atoms with Crippen LogP contribution in [0.4, 0.5) is 22.7 Å². The quantitative estimate of drug-likeness (QED) is 0.631. The Morgan fingerprint density at radius 2 is 1.46 bits per heavy atom. The SMILES string of the molecule is Cc1ccc(N2c3ccccc3N3c4c(cc(C)nc4C)CC23)c(C)n1. The van der Waals surface area contributed by atoms with E-state index in [4.69, 9.17) is 9.97 Å². The van der Waals surface area contributed by atoms with Crippen molar-refractivity contribution < 1.29 is 0 Å². The molecule has 1 unspecified atom stereocenters. The maximum absolute atomic E-state index is 4.73. The van der Waals surface area contributed by atoms with E-state index < -0.39 is 0 Å². The second-order valence-electron chi connectivity index (χ2n) is 7.33. The normalized spacial score (nSPS) is 17.3. The third-order valence-electron chi connectivity index (χ3n) is 5.47. The van der Waals surface area contributed by atoms with Crippen LogP contribution in [0.15, 0.2) is 42.5 Å². The number of para-hydroxylation sites is 2. The van der Waals surface area contributed by atoms with Crippen LogP contribution in [-0.4, -0.2) is 16.1 Å². The van der Waals surface area contributed by atoms with Crippen LogP contribution >= 0.6 is 0 Å². The summed E-state index contributed by atoms with van der Waals surface area (Å²) in [5.74, 6) is 0. The number of aromatic nitrogens is 2. The first-order valence-electron chi connectivity index (χ1n) is 9.13. The Bertz CT molecular complexity index is 1030. The molecule has 0 radical (unpaired) electrons. The van der Waals surface area contributed by atoms with E-state index >= 15 is 0 Å². The van der Waals surface area contributed by atoms with Crippen molar-refractivity contribution in [1.82, 2.24) is 9.97 Å². The van der Waals surface area contributed by atoms with Crippen LogP contribution < -0.4 is 9.80 Å². The van der Waals surface area contributed by atoms with Gasteiger partial charge in [0.15, 0.2) is 0 Å². The van der Waals surface area contributed by atoms with Gasteiger partial charge in [0.05, 0.1) is 34.1 Å². The Kier molecular flexibility index (Phi) is 3.14. The number of nitrogens with zero attached hydrogens (tertiary/aromatic N) is 4. The Morgan fingerprint density at radius 3 is 2.19 bits per heavy atom. The van der Waals surface area contributed by atoms with Crippen molar-refractivity contribution in [2.75, 3.05) is 9.80 Å². The van der Waals surface area contributed by atoms with E-state index in [1.54, 1.807) is 0 Å². The molecule has 0 spiro atoms. The lowest BCUT2D eigenvalue weighted by Gasteiger charge is -2.29. The van der Waals surface area contributed by atoms with E-state index in [9.17, 15) is 0 Å². The van der Waals surface area contributed by atoms with E-state index in [2.05, 4.69) is 73.0 Å². The van der Waals surface area contributed by atoms with Gasteiger partial charge in [-0.15, -0.1) is 0 Å². The minimum absolute atomic E-state index is 0.243. The van der Waals surface area contributed by atoms with E-state index in [0.717, 1.165) is 29.2 Å². The highest BCUT2D eigenvalue weighted by Crippen LogP contribution is 2.53. The van der Waals surface area contributed by atoms with Crippen molar-refractivity contribution in [3.05, 3.63) is 70.8 Å². The highest BCUT2D eigenvalue weighted by Gasteiger charge is 2.44. The Labute approximate surface area is 154 Å². The minimum Gasteiger partial charge on any atom is -0.316 e. The van der Waals surface area contributed by atoms with Crippen LogP contribution in [0, 0.1) is 27.7 Å². The molecule has 0 N–H and O–H groups in total. The fraction of sp³-hybridized carbons (Fsp3) is 0.273. The zero-order valence-electron chi connectivity index (χ0n) is 15.6. The van der Waals surface area contributed by atoms with Crippen molar-refractivity contribution in [2.45, 2.75) is 40.3 Å². The van der Waals surface area contributed by atoms with Crippen molar-refractivity contribution in [3.63, 3.8) is 0 Å². The van der Waals surface area contributed by atoms with Crippen LogP contribution in [0.1, 0.15) is 28.3 Å². The van der Waals surface area contributed by atoms with Crippen molar-refractivity contribution >= 4 is 22.7 Å². The molecule has 1 aromatic carbocycles. The lowest BCUT2D eigenvalue weighted by atomic mass is 10.1. The van der Waals surface area contributed by atoms with E-state index in [1.165, 1.54) is 28.3 Å². The lowest BCUT2D eigenvalue weighted by Crippen LogP contribution is -2.36. The number of rotatable bonds is 1. The number of pyridine rings is 2. The predicted molar refractivity (Wildman–Crippen MR) is 106 cm³/mol. The smallest absolute Gasteiger partial charge is 0.115 e. The maximum atomic E-state index is 4.73. The van der Waals surface area contributed by atoms with Crippen LogP contribution in [0.5, 0.6) is 0 Å². The Morgan fingerprint density at radius 1 is 0.769 bits per heavy atom. The minimum atomic E-state index is 0.243. The average molecular weight is 342 g/mol. The van der Waals surface area contributed by atoms with Gasteiger partial charge < -0.3 is 9.80 Å². The number of anilines is 4. The summed E-state index contributed by atoms with van der Waals surface area (Å²) in [6.45, 7) is 8.35. The molecule has 130 valence electrons. The third-order valence-corrected chi connectivity index (χ3v) is 5.47. The van der Waals surface area contributed by atoms with Gasteiger partial charge in [-0.1, -0.05) is 12.1 Å². The summed E-state index contributed by atoms with van der Waals surface area (Å²) in [5, 5.41) is 0. The number of aryl methyl sites for hydroxylation is 4. The molecule has 2 aliphatic heterocycles. The molecule has 0 saturated carbocycles. The van der Waals surface area contributed by atoms with Gasteiger partial charge in [0, 0.05) is 17.8 Å². The second kappa shape index (κ2) is 5.31. The molecule has 0 saturated heterocycles. The van der Waals surface area contributed by atoms with Gasteiger partial charge in [0.2, 0.25) is 0 Å². The largest absolute Gasteiger partial charge is 0.316 e. The molecule has 5 rings (SSSR count). The molecule has 1 atom stereocenters. The van der Waals surface area contributed by atoms with Gasteiger partial charge in [0.25, 0.3) is 0 Å². The fourth-order valence-corrected chi connectivity index (χ4v) is 4.57. The maximum Gasteiger partial charge on any atom is 0.115 e. The summed E-state index contributed by atoms with van der Waals surface area (Å²) >= 11 is 0.